The fraction of sp³-hybridized carbons (Fsp3) is 1.00. The largest absolute Gasteiger partial charge is 0.326 e. The average Bonchev–Trinajstić information content (AvgIpc) is 2.74. The first-order valence-electron chi connectivity index (χ1n) is 6.90. The highest BCUT2D eigenvalue weighted by Crippen LogP contribution is 2.63. The molecule has 1 aliphatic heterocycles. The minimum absolute atomic E-state index is 0.749. The van der Waals surface area contributed by atoms with Crippen LogP contribution >= 0.6 is 0 Å². The molecule has 0 aromatic heterocycles. The van der Waals surface area contributed by atoms with Gasteiger partial charge in [0.25, 0.3) is 0 Å². The molecule has 2 aliphatic carbocycles. The van der Waals surface area contributed by atoms with E-state index in [1.807, 2.05) is 0 Å². The van der Waals surface area contributed by atoms with Gasteiger partial charge < -0.3 is 4.48 Å². The van der Waals surface area contributed by atoms with Gasteiger partial charge in [0.15, 0.2) is 0 Å². The van der Waals surface area contributed by atoms with Crippen LogP contribution in [0.25, 0.3) is 0 Å². The van der Waals surface area contributed by atoms with Gasteiger partial charge in [0.1, 0.15) is 0 Å². The minimum Gasteiger partial charge on any atom is -0.326 e. The Morgan fingerprint density at radius 2 is 2.13 bits per heavy atom. The van der Waals surface area contributed by atoms with E-state index < -0.39 is 0 Å². The van der Waals surface area contributed by atoms with E-state index in [2.05, 4.69) is 20.9 Å². The minimum atomic E-state index is 0.749. The lowest BCUT2D eigenvalue weighted by molar-refractivity contribution is -0.901. The lowest BCUT2D eigenvalue weighted by atomic mass is 9.73. The third kappa shape index (κ3) is 1.32. The summed E-state index contributed by atoms with van der Waals surface area (Å²) in [5.41, 5.74) is 0.749. The third-order valence-electron chi connectivity index (χ3n) is 5.88. The van der Waals surface area contributed by atoms with E-state index in [9.17, 15) is 0 Å². The first-order chi connectivity index (χ1) is 7.06. The molecule has 5 atom stereocenters. The van der Waals surface area contributed by atoms with Crippen molar-refractivity contribution in [3.63, 3.8) is 0 Å². The van der Waals surface area contributed by atoms with Gasteiger partial charge in [-0.2, -0.15) is 0 Å². The van der Waals surface area contributed by atoms with Gasteiger partial charge in [-0.3, -0.25) is 0 Å². The molecule has 1 heteroatoms. The third-order valence-corrected chi connectivity index (χ3v) is 5.88. The monoisotopic (exact) mass is 208 g/mol. The van der Waals surface area contributed by atoms with E-state index in [1.165, 1.54) is 37.0 Å². The van der Waals surface area contributed by atoms with Gasteiger partial charge in [-0.05, 0) is 37.0 Å². The van der Waals surface area contributed by atoms with Crippen LogP contribution < -0.4 is 0 Å². The molecule has 0 aromatic rings. The van der Waals surface area contributed by atoms with Gasteiger partial charge in [-0.25, -0.2) is 0 Å². The number of hydrogen-bond acceptors (Lipinski definition) is 0. The Morgan fingerprint density at radius 3 is 2.80 bits per heavy atom. The van der Waals surface area contributed by atoms with Crippen molar-refractivity contribution in [3.05, 3.63) is 0 Å². The first-order valence-corrected chi connectivity index (χ1v) is 6.90. The molecule has 1 nitrogen and oxygen atoms in total. The van der Waals surface area contributed by atoms with Crippen molar-refractivity contribution in [2.24, 2.45) is 23.2 Å². The van der Waals surface area contributed by atoms with Gasteiger partial charge in [-0.1, -0.05) is 13.8 Å². The molecule has 15 heavy (non-hydrogen) atoms. The van der Waals surface area contributed by atoms with Crippen molar-refractivity contribution >= 4 is 0 Å². The standard InChI is InChI=1S/C14H26N/c1-4-7-15(3)9-12-11-5-6-14(2,8-11)13(12)10-15/h11-13H,4-10H2,1-3H3/q+1/t11-,12?,13?,14+,15?/m0/s1. The molecule has 0 amide bonds. The molecule has 2 bridgehead atoms. The Labute approximate surface area is 94.4 Å². The zero-order chi connectivity index (χ0) is 10.7. The summed E-state index contributed by atoms with van der Waals surface area (Å²) in [6, 6.07) is 0. The Morgan fingerprint density at radius 1 is 1.33 bits per heavy atom. The van der Waals surface area contributed by atoms with E-state index >= 15 is 0 Å². The second-order valence-corrected chi connectivity index (χ2v) is 7.14. The van der Waals surface area contributed by atoms with Crippen LogP contribution in [-0.4, -0.2) is 31.2 Å². The summed E-state index contributed by atoms with van der Waals surface area (Å²) in [5, 5.41) is 0. The van der Waals surface area contributed by atoms with Crippen LogP contribution in [0, 0.1) is 23.2 Å². The molecule has 0 spiro atoms. The van der Waals surface area contributed by atoms with Crippen LogP contribution in [0.5, 0.6) is 0 Å². The second kappa shape index (κ2) is 3.00. The highest BCUT2D eigenvalue weighted by atomic mass is 15.4. The zero-order valence-electron chi connectivity index (χ0n) is 10.6. The molecule has 3 rings (SSSR count). The quantitative estimate of drug-likeness (QED) is 0.612. The summed E-state index contributed by atoms with van der Waals surface area (Å²) in [6.07, 6.45) is 6.00. The highest BCUT2D eigenvalue weighted by molar-refractivity contribution is 5.05. The molecule has 2 saturated carbocycles. The summed E-state index contributed by atoms with van der Waals surface area (Å²) >= 11 is 0. The number of fused-ring (bicyclic) bond motifs is 5. The number of likely N-dealkylation sites (tertiary alicyclic amines) is 1. The maximum absolute atomic E-state index is 2.58. The molecule has 0 N–H and O–H groups in total. The Balaban J connectivity index is 1.81. The van der Waals surface area contributed by atoms with Crippen molar-refractivity contribution in [3.8, 4) is 0 Å². The molecule has 0 aromatic carbocycles. The molecule has 1 saturated heterocycles. The van der Waals surface area contributed by atoms with Crippen LogP contribution in [0.15, 0.2) is 0 Å². The Hall–Kier alpha value is -0.0400. The zero-order valence-corrected chi connectivity index (χ0v) is 10.6. The molecule has 0 radical (unpaired) electrons. The molecular weight excluding hydrogens is 182 g/mol. The van der Waals surface area contributed by atoms with Crippen LogP contribution in [-0.2, 0) is 0 Å². The fourth-order valence-electron chi connectivity index (χ4n) is 5.28. The van der Waals surface area contributed by atoms with Crippen LogP contribution in [0.4, 0.5) is 0 Å². The fourth-order valence-corrected chi connectivity index (χ4v) is 5.28. The summed E-state index contributed by atoms with van der Waals surface area (Å²) in [7, 11) is 2.50. The predicted octanol–water partition coefficient (Wildman–Crippen LogP) is 2.91. The van der Waals surface area contributed by atoms with E-state index in [0.717, 1.165) is 23.2 Å². The maximum Gasteiger partial charge on any atom is 0.0823 e. The molecule has 3 fully saturated rings. The van der Waals surface area contributed by atoms with Gasteiger partial charge in [0.05, 0.1) is 26.7 Å². The van der Waals surface area contributed by atoms with E-state index in [-0.39, 0.29) is 0 Å². The van der Waals surface area contributed by atoms with E-state index in [4.69, 9.17) is 0 Å². The van der Waals surface area contributed by atoms with Gasteiger partial charge in [-0.15, -0.1) is 0 Å². The van der Waals surface area contributed by atoms with E-state index in [0.29, 0.717) is 0 Å². The molecular formula is C14H26N+. The predicted molar refractivity (Wildman–Crippen MR) is 63.5 cm³/mol. The van der Waals surface area contributed by atoms with Crippen molar-refractivity contribution in [1.29, 1.82) is 0 Å². The topological polar surface area (TPSA) is 0 Å². The Kier molecular flexibility index (Phi) is 2.03. The van der Waals surface area contributed by atoms with Crippen LogP contribution in [0.2, 0.25) is 0 Å². The second-order valence-electron chi connectivity index (χ2n) is 7.14. The number of nitrogens with zero attached hydrogens (tertiary/aromatic N) is 1. The molecule has 86 valence electrons. The smallest absolute Gasteiger partial charge is 0.0823 e. The van der Waals surface area contributed by atoms with Crippen molar-refractivity contribution < 1.29 is 4.48 Å². The van der Waals surface area contributed by atoms with Crippen molar-refractivity contribution in [1.82, 2.24) is 0 Å². The van der Waals surface area contributed by atoms with Gasteiger partial charge in [0.2, 0.25) is 0 Å². The lowest BCUT2D eigenvalue weighted by Crippen LogP contribution is -2.44. The molecule has 1 heterocycles. The maximum atomic E-state index is 2.58. The normalized spacial score (nSPS) is 57.4. The number of rotatable bonds is 2. The average molecular weight is 208 g/mol. The molecule has 3 aliphatic rings. The SMILES string of the molecule is CCC[N+]1(C)CC2C(C1)[C@]1(C)CC[C@H]2C1. The van der Waals surface area contributed by atoms with Crippen LogP contribution in [0.3, 0.4) is 0 Å². The number of hydrogen-bond donors (Lipinski definition) is 0. The summed E-state index contributed by atoms with van der Waals surface area (Å²) in [6.45, 7) is 9.33. The number of quaternary nitrogens is 1. The van der Waals surface area contributed by atoms with Crippen molar-refractivity contribution in [2.45, 2.75) is 39.5 Å². The van der Waals surface area contributed by atoms with Crippen molar-refractivity contribution in [2.75, 3.05) is 26.7 Å². The first kappa shape index (κ1) is 10.1. The van der Waals surface area contributed by atoms with Gasteiger partial charge in [0, 0.05) is 11.8 Å². The summed E-state index contributed by atoms with van der Waals surface area (Å²) in [4.78, 5) is 0. The molecule has 3 unspecified atom stereocenters. The van der Waals surface area contributed by atoms with Gasteiger partial charge >= 0.3 is 0 Å². The summed E-state index contributed by atoms with van der Waals surface area (Å²) < 4.78 is 1.39. The summed E-state index contributed by atoms with van der Waals surface area (Å²) in [5.74, 6) is 3.28. The lowest BCUT2D eigenvalue weighted by Gasteiger charge is -2.33. The van der Waals surface area contributed by atoms with Crippen LogP contribution in [0.1, 0.15) is 39.5 Å². The highest BCUT2D eigenvalue weighted by Gasteiger charge is 2.61. The van der Waals surface area contributed by atoms with E-state index in [1.54, 1.807) is 12.8 Å². The Bertz CT molecular complexity index is 275.